The number of hydrogen-bond acceptors (Lipinski definition) is 1. The number of carbonyl (C=O) groups is 1. The molecule has 3 nitrogen and oxygen atoms in total. The van der Waals surface area contributed by atoms with Crippen LogP contribution in [-0.2, 0) is 6.42 Å². The second kappa shape index (κ2) is 5.17. The summed E-state index contributed by atoms with van der Waals surface area (Å²) in [6.45, 7) is 2.61. The quantitative estimate of drug-likeness (QED) is 0.835. The van der Waals surface area contributed by atoms with Gasteiger partial charge in [-0.2, -0.15) is 0 Å². The molecule has 1 heterocycles. The molecular formula is C16H15ClN2O. The highest BCUT2D eigenvalue weighted by molar-refractivity contribution is 6.31. The monoisotopic (exact) mass is 286 g/mol. The highest BCUT2D eigenvalue weighted by atomic mass is 35.5. The maximum atomic E-state index is 12.4. The third kappa shape index (κ3) is 2.25. The Kier molecular flexibility index (Phi) is 3.36. The van der Waals surface area contributed by atoms with Gasteiger partial charge in [-0.3, -0.25) is 4.90 Å². The summed E-state index contributed by atoms with van der Waals surface area (Å²) in [4.78, 5) is 14.2. The van der Waals surface area contributed by atoms with Crippen LogP contribution >= 0.6 is 11.6 Å². The van der Waals surface area contributed by atoms with E-state index in [2.05, 4.69) is 11.4 Å². The fraction of sp³-hybridized carbons (Fsp3) is 0.188. The number of para-hydroxylation sites is 1. The molecule has 1 N–H and O–H groups in total. The number of benzene rings is 2. The molecule has 1 aliphatic heterocycles. The predicted molar refractivity (Wildman–Crippen MR) is 82.7 cm³/mol. The van der Waals surface area contributed by atoms with Gasteiger partial charge in [0, 0.05) is 22.9 Å². The van der Waals surface area contributed by atoms with E-state index >= 15 is 0 Å². The lowest BCUT2D eigenvalue weighted by Gasteiger charge is -2.19. The van der Waals surface area contributed by atoms with Crippen LogP contribution in [0.5, 0.6) is 0 Å². The van der Waals surface area contributed by atoms with Crippen molar-refractivity contribution in [2.75, 3.05) is 16.8 Å². The third-order valence-corrected chi connectivity index (χ3v) is 4.05. The largest absolute Gasteiger partial charge is 0.326 e. The summed E-state index contributed by atoms with van der Waals surface area (Å²) < 4.78 is 0. The van der Waals surface area contributed by atoms with Crippen molar-refractivity contribution in [2.45, 2.75) is 13.3 Å². The van der Waals surface area contributed by atoms with Crippen molar-refractivity contribution in [1.82, 2.24) is 0 Å². The Hall–Kier alpha value is -2.00. The molecule has 0 spiro atoms. The average Bonchev–Trinajstić information content (AvgIpc) is 2.88. The molecule has 102 valence electrons. The van der Waals surface area contributed by atoms with Gasteiger partial charge in [0.1, 0.15) is 0 Å². The molecule has 20 heavy (non-hydrogen) atoms. The van der Waals surface area contributed by atoms with Crippen LogP contribution in [0.25, 0.3) is 0 Å². The van der Waals surface area contributed by atoms with Gasteiger partial charge in [0.2, 0.25) is 0 Å². The minimum absolute atomic E-state index is 0.111. The smallest absolute Gasteiger partial charge is 0.307 e. The normalized spacial score (nSPS) is 13.2. The second-order valence-corrected chi connectivity index (χ2v) is 5.28. The van der Waals surface area contributed by atoms with Crippen LogP contribution in [0.2, 0.25) is 5.02 Å². The van der Waals surface area contributed by atoms with E-state index in [0.717, 1.165) is 23.4 Å². The Morgan fingerprint density at radius 2 is 2.00 bits per heavy atom. The summed E-state index contributed by atoms with van der Waals surface area (Å²) in [7, 11) is 0. The van der Waals surface area contributed by atoms with E-state index < -0.39 is 0 Å². The molecule has 0 aromatic heterocycles. The molecule has 0 unspecified atom stereocenters. The summed E-state index contributed by atoms with van der Waals surface area (Å²) >= 11 is 6.07. The van der Waals surface area contributed by atoms with Crippen LogP contribution in [0.15, 0.2) is 42.5 Å². The van der Waals surface area contributed by atoms with Gasteiger partial charge in [0.15, 0.2) is 0 Å². The van der Waals surface area contributed by atoms with Gasteiger partial charge in [-0.15, -0.1) is 0 Å². The molecule has 2 amide bonds. The zero-order chi connectivity index (χ0) is 14.1. The lowest BCUT2D eigenvalue weighted by molar-refractivity contribution is 0.257. The SMILES string of the molecule is Cc1c(Cl)cccc1NC(=O)N1CCc2ccccc21. The van der Waals surface area contributed by atoms with Crippen molar-refractivity contribution < 1.29 is 4.79 Å². The van der Waals surface area contributed by atoms with Crippen molar-refractivity contribution in [3.63, 3.8) is 0 Å². The van der Waals surface area contributed by atoms with E-state index in [0.29, 0.717) is 11.6 Å². The summed E-state index contributed by atoms with van der Waals surface area (Å²) in [5, 5.41) is 3.59. The van der Waals surface area contributed by atoms with Crippen molar-refractivity contribution in [3.05, 3.63) is 58.6 Å². The first-order valence-corrected chi connectivity index (χ1v) is 6.96. The predicted octanol–water partition coefficient (Wildman–Crippen LogP) is 4.24. The Labute approximate surface area is 123 Å². The van der Waals surface area contributed by atoms with Gasteiger partial charge in [-0.25, -0.2) is 4.79 Å². The van der Waals surface area contributed by atoms with E-state index in [9.17, 15) is 4.79 Å². The van der Waals surface area contributed by atoms with Gasteiger partial charge >= 0.3 is 6.03 Å². The maximum absolute atomic E-state index is 12.4. The van der Waals surface area contributed by atoms with Gasteiger partial charge < -0.3 is 5.32 Å². The van der Waals surface area contributed by atoms with Crippen LogP contribution in [0.3, 0.4) is 0 Å². The highest BCUT2D eigenvalue weighted by Gasteiger charge is 2.24. The Balaban J connectivity index is 1.83. The molecular weight excluding hydrogens is 272 g/mol. The first-order chi connectivity index (χ1) is 9.66. The van der Waals surface area contributed by atoms with E-state index in [1.54, 1.807) is 4.90 Å². The molecule has 4 heteroatoms. The minimum atomic E-state index is -0.111. The third-order valence-electron chi connectivity index (χ3n) is 3.64. The number of rotatable bonds is 1. The molecule has 0 atom stereocenters. The lowest BCUT2D eigenvalue weighted by atomic mass is 10.2. The molecule has 0 fully saturated rings. The zero-order valence-corrected chi connectivity index (χ0v) is 11.9. The van der Waals surface area contributed by atoms with Gasteiger partial charge in [0.05, 0.1) is 0 Å². The highest BCUT2D eigenvalue weighted by Crippen LogP contribution is 2.29. The minimum Gasteiger partial charge on any atom is -0.307 e. The molecule has 0 saturated carbocycles. The van der Waals surface area contributed by atoms with E-state index in [-0.39, 0.29) is 6.03 Å². The van der Waals surface area contributed by atoms with Crippen LogP contribution in [0, 0.1) is 6.92 Å². The van der Waals surface area contributed by atoms with Crippen LogP contribution in [0.1, 0.15) is 11.1 Å². The molecule has 3 rings (SSSR count). The topological polar surface area (TPSA) is 32.3 Å². The fourth-order valence-electron chi connectivity index (χ4n) is 2.47. The van der Waals surface area contributed by atoms with E-state index in [4.69, 9.17) is 11.6 Å². The number of halogens is 1. The van der Waals surface area contributed by atoms with E-state index in [1.807, 2.05) is 43.3 Å². The van der Waals surface area contributed by atoms with Crippen LogP contribution < -0.4 is 10.2 Å². The molecule has 2 aromatic rings. The summed E-state index contributed by atoms with van der Waals surface area (Å²) in [6, 6.07) is 13.4. The Morgan fingerprint density at radius 3 is 2.85 bits per heavy atom. The van der Waals surface area contributed by atoms with Crippen LogP contribution in [-0.4, -0.2) is 12.6 Å². The fourth-order valence-corrected chi connectivity index (χ4v) is 2.65. The lowest BCUT2D eigenvalue weighted by Crippen LogP contribution is -2.33. The molecule has 2 aromatic carbocycles. The number of nitrogens with one attached hydrogen (secondary N) is 1. The van der Waals surface area contributed by atoms with Gasteiger partial charge in [-0.05, 0) is 42.7 Å². The number of urea groups is 1. The van der Waals surface area contributed by atoms with E-state index in [1.165, 1.54) is 5.56 Å². The molecule has 0 saturated heterocycles. The van der Waals surface area contributed by atoms with Crippen molar-refractivity contribution >= 4 is 29.0 Å². The zero-order valence-electron chi connectivity index (χ0n) is 11.2. The summed E-state index contributed by atoms with van der Waals surface area (Å²) in [5.41, 5.74) is 3.84. The molecule has 0 aliphatic carbocycles. The Morgan fingerprint density at radius 1 is 1.20 bits per heavy atom. The Bertz CT molecular complexity index is 669. The summed E-state index contributed by atoms with van der Waals surface area (Å²) in [6.07, 6.45) is 0.901. The second-order valence-electron chi connectivity index (χ2n) is 4.87. The molecule has 1 aliphatic rings. The van der Waals surface area contributed by atoms with Crippen molar-refractivity contribution in [1.29, 1.82) is 0 Å². The van der Waals surface area contributed by atoms with Gasteiger partial charge in [0.25, 0.3) is 0 Å². The average molecular weight is 287 g/mol. The number of carbonyl (C=O) groups excluding carboxylic acids is 1. The molecule has 0 bridgehead atoms. The van der Waals surface area contributed by atoms with Crippen LogP contribution in [0.4, 0.5) is 16.2 Å². The maximum Gasteiger partial charge on any atom is 0.326 e. The first kappa shape index (κ1) is 13.0. The number of nitrogens with zero attached hydrogens (tertiary/aromatic N) is 1. The summed E-state index contributed by atoms with van der Waals surface area (Å²) in [5.74, 6) is 0. The van der Waals surface area contributed by atoms with Crippen molar-refractivity contribution in [3.8, 4) is 0 Å². The number of anilines is 2. The standard InChI is InChI=1S/C16H15ClN2O/c1-11-13(17)6-4-7-14(11)18-16(20)19-10-9-12-5-2-3-8-15(12)19/h2-8H,9-10H2,1H3,(H,18,20). The number of fused-ring (bicyclic) bond motifs is 1. The number of amides is 2. The van der Waals surface area contributed by atoms with Gasteiger partial charge in [-0.1, -0.05) is 35.9 Å². The molecule has 0 radical (unpaired) electrons. The van der Waals surface area contributed by atoms with Crippen molar-refractivity contribution in [2.24, 2.45) is 0 Å². The number of hydrogen-bond donors (Lipinski definition) is 1. The first-order valence-electron chi connectivity index (χ1n) is 6.58.